The van der Waals surface area contributed by atoms with Gasteiger partial charge in [0.05, 0.1) is 6.10 Å². The molecule has 1 fully saturated rings. The first-order valence-corrected chi connectivity index (χ1v) is 7.08. The number of hydrogen-bond donors (Lipinski definition) is 1. The quantitative estimate of drug-likeness (QED) is 0.910. The molecule has 0 saturated heterocycles. The number of hydrogen-bond acceptors (Lipinski definition) is 2. The van der Waals surface area contributed by atoms with Crippen molar-refractivity contribution in [3.63, 3.8) is 0 Å². The summed E-state index contributed by atoms with van der Waals surface area (Å²) in [5.41, 5.74) is 7.25. The van der Waals surface area contributed by atoms with Gasteiger partial charge in [-0.05, 0) is 48.6 Å². The summed E-state index contributed by atoms with van der Waals surface area (Å²) in [6, 6.07) is 11.3. The van der Waals surface area contributed by atoms with Gasteiger partial charge in [0.25, 0.3) is 0 Å². The van der Waals surface area contributed by atoms with Crippen LogP contribution in [-0.4, -0.2) is 6.10 Å². The van der Waals surface area contributed by atoms with Gasteiger partial charge in [-0.3, -0.25) is 0 Å². The fourth-order valence-electron chi connectivity index (χ4n) is 2.23. The fraction of sp³-hybridized carbons (Fsp3) is 0.294. The maximum atomic E-state index is 13.6. The van der Waals surface area contributed by atoms with E-state index < -0.39 is 11.6 Å². The average Bonchev–Trinajstić information content (AvgIpc) is 3.28. The maximum Gasteiger partial charge on any atom is 0.162 e. The number of rotatable bonds is 5. The van der Waals surface area contributed by atoms with Gasteiger partial charge in [-0.2, -0.15) is 0 Å². The van der Waals surface area contributed by atoms with E-state index in [1.807, 2.05) is 24.3 Å². The summed E-state index contributed by atoms with van der Waals surface area (Å²) in [4.78, 5) is 0. The first-order valence-electron chi connectivity index (χ1n) is 7.08. The molecular weight excluding hydrogens is 272 g/mol. The first kappa shape index (κ1) is 14.0. The zero-order valence-corrected chi connectivity index (χ0v) is 11.6. The molecule has 3 rings (SSSR count). The highest BCUT2D eigenvalue weighted by molar-refractivity contribution is 5.31. The van der Waals surface area contributed by atoms with Crippen molar-refractivity contribution in [3.8, 4) is 5.75 Å². The van der Waals surface area contributed by atoms with Crippen LogP contribution in [0.2, 0.25) is 0 Å². The van der Waals surface area contributed by atoms with E-state index in [2.05, 4.69) is 0 Å². The van der Waals surface area contributed by atoms with Crippen LogP contribution in [0.15, 0.2) is 42.5 Å². The molecule has 0 radical (unpaired) electrons. The predicted octanol–water partition coefficient (Wildman–Crippen LogP) is 3.75. The van der Waals surface area contributed by atoms with Crippen molar-refractivity contribution in [1.82, 2.24) is 0 Å². The van der Waals surface area contributed by atoms with Crippen molar-refractivity contribution >= 4 is 0 Å². The molecule has 2 aromatic carbocycles. The third-order valence-electron chi connectivity index (χ3n) is 3.61. The highest BCUT2D eigenvalue weighted by Gasteiger charge is 2.23. The van der Waals surface area contributed by atoms with E-state index in [-0.39, 0.29) is 12.5 Å². The molecule has 0 spiro atoms. The molecule has 0 aliphatic heterocycles. The van der Waals surface area contributed by atoms with E-state index in [1.54, 1.807) is 6.07 Å². The van der Waals surface area contributed by atoms with Gasteiger partial charge in [-0.25, -0.2) is 8.78 Å². The van der Waals surface area contributed by atoms with Gasteiger partial charge in [-0.1, -0.05) is 24.3 Å². The molecule has 0 amide bonds. The van der Waals surface area contributed by atoms with Crippen molar-refractivity contribution in [1.29, 1.82) is 0 Å². The van der Waals surface area contributed by atoms with Crippen LogP contribution in [0, 0.1) is 11.6 Å². The molecule has 0 aromatic heterocycles. The predicted molar refractivity (Wildman–Crippen MR) is 77.1 cm³/mol. The Kier molecular flexibility index (Phi) is 3.88. The molecule has 0 bridgehead atoms. The normalized spacial score (nSPS) is 15.8. The third-order valence-corrected chi connectivity index (χ3v) is 3.61. The highest BCUT2D eigenvalue weighted by atomic mass is 19.2. The van der Waals surface area contributed by atoms with E-state index in [1.165, 1.54) is 6.07 Å². The van der Waals surface area contributed by atoms with Crippen LogP contribution in [0.5, 0.6) is 5.75 Å². The molecule has 2 aromatic rings. The SMILES string of the molecule is NC(Cc1cccc(F)c1F)c1ccc(OC2CC2)cc1. The molecule has 2 nitrogen and oxygen atoms in total. The van der Waals surface area contributed by atoms with Crippen molar-refractivity contribution in [2.24, 2.45) is 5.73 Å². The summed E-state index contributed by atoms with van der Waals surface area (Å²) >= 11 is 0. The Bertz CT molecular complexity index is 623. The standard InChI is InChI=1S/C17H17F2NO/c18-15-3-1-2-12(17(15)19)10-16(20)11-4-6-13(7-5-11)21-14-8-9-14/h1-7,14,16H,8-10,20H2. The molecule has 1 unspecified atom stereocenters. The summed E-state index contributed by atoms with van der Waals surface area (Å²) in [7, 11) is 0. The Morgan fingerprint density at radius 2 is 1.81 bits per heavy atom. The lowest BCUT2D eigenvalue weighted by molar-refractivity contribution is 0.303. The summed E-state index contributed by atoms with van der Waals surface area (Å²) in [6.45, 7) is 0. The van der Waals surface area contributed by atoms with Crippen molar-refractivity contribution in [3.05, 3.63) is 65.2 Å². The number of ether oxygens (including phenoxy) is 1. The minimum atomic E-state index is -0.840. The Morgan fingerprint density at radius 1 is 1.10 bits per heavy atom. The van der Waals surface area contributed by atoms with E-state index >= 15 is 0 Å². The average molecular weight is 289 g/mol. The second-order valence-corrected chi connectivity index (χ2v) is 5.41. The molecule has 1 aliphatic carbocycles. The largest absolute Gasteiger partial charge is 0.490 e. The van der Waals surface area contributed by atoms with Gasteiger partial charge in [0.15, 0.2) is 11.6 Å². The van der Waals surface area contributed by atoms with Crippen molar-refractivity contribution in [2.45, 2.75) is 31.4 Å². The lowest BCUT2D eigenvalue weighted by atomic mass is 9.99. The Morgan fingerprint density at radius 3 is 2.48 bits per heavy atom. The van der Waals surface area contributed by atoms with Gasteiger partial charge >= 0.3 is 0 Å². The topological polar surface area (TPSA) is 35.2 Å². The Hall–Kier alpha value is -1.94. The lowest BCUT2D eigenvalue weighted by Gasteiger charge is -2.14. The molecule has 2 N–H and O–H groups in total. The van der Waals surface area contributed by atoms with Crippen molar-refractivity contribution in [2.75, 3.05) is 0 Å². The Labute approximate surface area is 122 Å². The van der Waals surface area contributed by atoms with E-state index in [4.69, 9.17) is 10.5 Å². The summed E-state index contributed by atoms with van der Waals surface area (Å²) in [5, 5.41) is 0. The fourth-order valence-corrected chi connectivity index (χ4v) is 2.23. The molecule has 4 heteroatoms. The zero-order chi connectivity index (χ0) is 14.8. The van der Waals surface area contributed by atoms with Gasteiger partial charge in [-0.15, -0.1) is 0 Å². The maximum absolute atomic E-state index is 13.6. The molecule has 21 heavy (non-hydrogen) atoms. The van der Waals surface area contributed by atoms with Crippen LogP contribution < -0.4 is 10.5 Å². The molecule has 1 saturated carbocycles. The number of halogens is 2. The van der Waals surface area contributed by atoms with E-state index in [9.17, 15) is 8.78 Å². The first-order chi connectivity index (χ1) is 10.1. The summed E-state index contributed by atoms with van der Waals surface area (Å²) in [5.74, 6) is -0.833. The zero-order valence-electron chi connectivity index (χ0n) is 11.6. The molecule has 1 aliphatic rings. The van der Waals surface area contributed by atoms with Crippen LogP contribution >= 0.6 is 0 Å². The number of benzene rings is 2. The molecule has 1 atom stereocenters. The van der Waals surface area contributed by atoms with Gasteiger partial charge < -0.3 is 10.5 Å². The van der Waals surface area contributed by atoms with Crippen LogP contribution in [0.4, 0.5) is 8.78 Å². The molecular formula is C17H17F2NO. The minimum Gasteiger partial charge on any atom is -0.490 e. The number of nitrogens with two attached hydrogens (primary N) is 1. The monoisotopic (exact) mass is 289 g/mol. The smallest absolute Gasteiger partial charge is 0.162 e. The van der Waals surface area contributed by atoms with Crippen LogP contribution in [-0.2, 0) is 6.42 Å². The summed E-state index contributed by atoms with van der Waals surface area (Å²) in [6.07, 6.45) is 2.83. The van der Waals surface area contributed by atoms with Gasteiger partial charge in [0.2, 0.25) is 0 Å². The molecule has 0 heterocycles. The second-order valence-electron chi connectivity index (χ2n) is 5.41. The van der Waals surface area contributed by atoms with Crippen LogP contribution in [0.3, 0.4) is 0 Å². The Balaban J connectivity index is 1.69. The van der Waals surface area contributed by atoms with E-state index in [0.717, 1.165) is 30.2 Å². The molecule has 110 valence electrons. The highest BCUT2D eigenvalue weighted by Crippen LogP contribution is 2.28. The van der Waals surface area contributed by atoms with Crippen LogP contribution in [0.1, 0.15) is 30.0 Å². The van der Waals surface area contributed by atoms with Gasteiger partial charge in [0.1, 0.15) is 5.75 Å². The van der Waals surface area contributed by atoms with Crippen molar-refractivity contribution < 1.29 is 13.5 Å². The summed E-state index contributed by atoms with van der Waals surface area (Å²) < 4.78 is 32.5. The third kappa shape index (κ3) is 3.39. The lowest BCUT2D eigenvalue weighted by Crippen LogP contribution is -2.14. The minimum absolute atomic E-state index is 0.256. The second kappa shape index (κ2) is 5.82. The van der Waals surface area contributed by atoms with E-state index in [0.29, 0.717) is 11.7 Å². The van der Waals surface area contributed by atoms with Gasteiger partial charge in [0, 0.05) is 6.04 Å². The van der Waals surface area contributed by atoms with Crippen LogP contribution in [0.25, 0.3) is 0 Å².